The van der Waals surface area contributed by atoms with Crippen LogP contribution in [0.3, 0.4) is 0 Å². The normalized spacial score (nSPS) is 11.2. The molecule has 126 valence electrons. The number of hydrogen-bond acceptors (Lipinski definition) is 5. The van der Waals surface area contributed by atoms with Crippen LogP contribution in [0.1, 0.15) is 28.7 Å². The Labute approximate surface area is 138 Å². The van der Waals surface area contributed by atoms with E-state index in [0.717, 1.165) is 12.2 Å². The Bertz CT molecular complexity index is 966. The lowest BCUT2D eigenvalue weighted by Gasteiger charge is -2.17. The maximum Gasteiger partial charge on any atom is 0.265 e. The van der Waals surface area contributed by atoms with Crippen LogP contribution in [0.15, 0.2) is 27.8 Å². The molecule has 0 saturated carbocycles. The number of furan rings is 1. The van der Waals surface area contributed by atoms with Crippen molar-refractivity contribution in [2.24, 2.45) is 7.05 Å². The van der Waals surface area contributed by atoms with Crippen molar-refractivity contribution in [1.29, 1.82) is 0 Å². The molecule has 3 aromatic rings. The summed E-state index contributed by atoms with van der Waals surface area (Å²) in [5.41, 5.74) is 1.08. The van der Waals surface area contributed by atoms with Crippen LogP contribution in [0, 0.1) is 6.92 Å². The molecule has 0 atom stereocenters. The molecule has 1 amide bonds. The minimum atomic E-state index is -0.299. The lowest BCUT2D eigenvalue weighted by atomic mass is 10.1. The van der Waals surface area contributed by atoms with E-state index >= 15 is 0 Å². The Hall–Kier alpha value is -2.90. The first kappa shape index (κ1) is 16.0. The molecule has 0 saturated heterocycles. The number of hydrogen-bond donors (Lipinski definition) is 0. The molecule has 0 N–H and O–H groups in total. The second kappa shape index (κ2) is 5.95. The zero-order chi connectivity index (χ0) is 17.4. The van der Waals surface area contributed by atoms with Gasteiger partial charge in [0, 0.05) is 26.8 Å². The number of nitrogens with zero attached hydrogens (tertiary/aromatic N) is 5. The fourth-order valence-electron chi connectivity index (χ4n) is 2.73. The van der Waals surface area contributed by atoms with E-state index in [4.69, 9.17) is 4.42 Å². The summed E-state index contributed by atoms with van der Waals surface area (Å²) < 4.78 is 8.65. The molecule has 3 aromatic heterocycles. The Balaban J connectivity index is 2.01. The van der Waals surface area contributed by atoms with E-state index in [2.05, 4.69) is 10.1 Å². The number of rotatable bonds is 4. The van der Waals surface area contributed by atoms with E-state index in [1.54, 1.807) is 32.1 Å². The Morgan fingerprint density at radius 1 is 1.42 bits per heavy atom. The highest BCUT2D eigenvalue weighted by molar-refractivity contribution is 6.06. The monoisotopic (exact) mass is 329 g/mol. The summed E-state index contributed by atoms with van der Waals surface area (Å²) in [6.45, 7) is 4.77. The van der Waals surface area contributed by atoms with Gasteiger partial charge in [0.05, 0.1) is 17.8 Å². The lowest BCUT2D eigenvalue weighted by Crippen LogP contribution is -2.29. The summed E-state index contributed by atoms with van der Waals surface area (Å²) in [5, 5.41) is 4.42. The van der Waals surface area contributed by atoms with Gasteiger partial charge < -0.3 is 13.9 Å². The third-order valence-electron chi connectivity index (χ3n) is 4.01. The topological polar surface area (TPSA) is 86.2 Å². The first-order valence-electron chi connectivity index (χ1n) is 7.65. The SMILES string of the molecule is CCn1nccc1CN(C)C(=O)c1c(C)oc2ncn(C)c(=O)c12. The highest BCUT2D eigenvalue weighted by Crippen LogP contribution is 2.22. The van der Waals surface area contributed by atoms with E-state index in [1.807, 2.05) is 17.7 Å². The summed E-state index contributed by atoms with van der Waals surface area (Å²) in [5.74, 6) is 0.113. The highest BCUT2D eigenvalue weighted by atomic mass is 16.3. The van der Waals surface area contributed by atoms with Crippen molar-refractivity contribution < 1.29 is 9.21 Å². The van der Waals surface area contributed by atoms with Gasteiger partial charge >= 0.3 is 0 Å². The molecule has 8 nitrogen and oxygen atoms in total. The maximum atomic E-state index is 12.9. The molecule has 0 aliphatic carbocycles. The average Bonchev–Trinajstić information content (AvgIpc) is 3.14. The second-order valence-electron chi connectivity index (χ2n) is 5.67. The van der Waals surface area contributed by atoms with E-state index in [-0.39, 0.29) is 28.1 Å². The molecule has 0 aromatic carbocycles. The molecular weight excluding hydrogens is 310 g/mol. The molecule has 8 heteroatoms. The molecular formula is C16H19N5O3. The highest BCUT2D eigenvalue weighted by Gasteiger charge is 2.25. The van der Waals surface area contributed by atoms with Crippen LogP contribution in [0.4, 0.5) is 0 Å². The summed E-state index contributed by atoms with van der Waals surface area (Å²) >= 11 is 0. The molecule has 0 aliphatic rings. The number of carbonyl (C=O) groups is 1. The van der Waals surface area contributed by atoms with Crippen molar-refractivity contribution in [1.82, 2.24) is 24.2 Å². The molecule has 0 radical (unpaired) electrons. The molecule has 3 heterocycles. The van der Waals surface area contributed by atoms with Crippen molar-refractivity contribution in [3.63, 3.8) is 0 Å². The number of carbonyl (C=O) groups excluding carboxylic acids is 1. The fourth-order valence-corrected chi connectivity index (χ4v) is 2.73. The number of fused-ring (bicyclic) bond motifs is 1. The minimum absolute atomic E-state index is 0.186. The largest absolute Gasteiger partial charge is 0.442 e. The zero-order valence-electron chi connectivity index (χ0n) is 14.1. The smallest absolute Gasteiger partial charge is 0.265 e. The molecule has 3 rings (SSSR count). The molecule has 0 aliphatic heterocycles. The van der Waals surface area contributed by atoms with Gasteiger partial charge in [-0.15, -0.1) is 0 Å². The number of amides is 1. The van der Waals surface area contributed by atoms with Gasteiger partial charge in [0.1, 0.15) is 17.5 Å². The Morgan fingerprint density at radius 3 is 2.88 bits per heavy atom. The van der Waals surface area contributed by atoms with Gasteiger partial charge in [0.15, 0.2) is 0 Å². The van der Waals surface area contributed by atoms with Gasteiger partial charge in [-0.25, -0.2) is 4.98 Å². The predicted molar refractivity (Wildman–Crippen MR) is 87.7 cm³/mol. The lowest BCUT2D eigenvalue weighted by molar-refractivity contribution is 0.0781. The summed E-state index contributed by atoms with van der Waals surface area (Å²) in [4.78, 5) is 30.9. The summed E-state index contributed by atoms with van der Waals surface area (Å²) in [7, 11) is 3.28. The van der Waals surface area contributed by atoms with Gasteiger partial charge in [-0.2, -0.15) is 5.10 Å². The van der Waals surface area contributed by atoms with Crippen molar-refractivity contribution in [2.45, 2.75) is 26.9 Å². The third kappa shape index (κ3) is 2.49. The summed E-state index contributed by atoms with van der Waals surface area (Å²) in [6, 6.07) is 1.87. The first-order chi connectivity index (χ1) is 11.4. The predicted octanol–water partition coefficient (Wildman–Crippen LogP) is 1.32. The van der Waals surface area contributed by atoms with Gasteiger partial charge in [-0.05, 0) is 19.9 Å². The van der Waals surface area contributed by atoms with E-state index in [9.17, 15) is 9.59 Å². The van der Waals surface area contributed by atoms with Crippen LogP contribution in [0.2, 0.25) is 0 Å². The molecule has 0 fully saturated rings. The second-order valence-corrected chi connectivity index (χ2v) is 5.67. The van der Waals surface area contributed by atoms with E-state index < -0.39 is 0 Å². The standard InChI is InChI=1S/C16H19N5O3/c1-5-21-11(6-7-18-21)8-19(3)15(22)12-10(2)24-14-13(12)16(23)20(4)9-17-14/h6-7,9H,5,8H2,1-4H3. The van der Waals surface area contributed by atoms with Gasteiger partial charge in [-0.3, -0.25) is 14.3 Å². The van der Waals surface area contributed by atoms with Gasteiger partial charge in [-0.1, -0.05) is 0 Å². The molecule has 0 bridgehead atoms. The Kier molecular flexibility index (Phi) is 3.96. The van der Waals surface area contributed by atoms with Crippen molar-refractivity contribution in [3.8, 4) is 0 Å². The number of aromatic nitrogens is 4. The van der Waals surface area contributed by atoms with Crippen LogP contribution in [-0.4, -0.2) is 37.2 Å². The van der Waals surface area contributed by atoms with Crippen LogP contribution in [0.25, 0.3) is 11.1 Å². The first-order valence-corrected chi connectivity index (χ1v) is 7.65. The van der Waals surface area contributed by atoms with Crippen molar-refractivity contribution in [2.75, 3.05) is 7.05 Å². The maximum absolute atomic E-state index is 12.9. The van der Waals surface area contributed by atoms with Crippen LogP contribution in [-0.2, 0) is 20.1 Å². The zero-order valence-corrected chi connectivity index (χ0v) is 14.1. The average molecular weight is 329 g/mol. The van der Waals surface area contributed by atoms with Crippen LogP contribution in [0.5, 0.6) is 0 Å². The van der Waals surface area contributed by atoms with Crippen LogP contribution >= 0.6 is 0 Å². The van der Waals surface area contributed by atoms with E-state index in [0.29, 0.717) is 12.3 Å². The Morgan fingerprint density at radius 2 is 2.17 bits per heavy atom. The van der Waals surface area contributed by atoms with Crippen LogP contribution < -0.4 is 5.56 Å². The fraction of sp³-hybridized carbons (Fsp3) is 0.375. The van der Waals surface area contributed by atoms with Crippen molar-refractivity contribution in [3.05, 3.63) is 46.0 Å². The molecule has 24 heavy (non-hydrogen) atoms. The van der Waals surface area contributed by atoms with Crippen molar-refractivity contribution >= 4 is 17.0 Å². The van der Waals surface area contributed by atoms with Gasteiger partial charge in [0.2, 0.25) is 5.71 Å². The number of aryl methyl sites for hydroxylation is 3. The quantitative estimate of drug-likeness (QED) is 0.720. The molecule has 0 spiro atoms. The summed E-state index contributed by atoms with van der Waals surface area (Å²) in [6.07, 6.45) is 3.08. The molecule has 0 unspecified atom stereocenters. The minimum Gasteiger partial charge on any atom is -0.442 e. The third-order valence-corrected chi connectivity index (χ3v) is 4.01. The van der Waals surface area contributed by atoms with E-state index in [1.165, 1.54) is 10.9 Å². The van der Waals surface area contributed by atoms with Gasteiger partial charge in [0.25, 0.3) is 11.5 Å².